The topological polar surface area (TPSA) is 17.8 Å². The van der Waals surface area contributed by atoms with Crippen molar-refractivity contribution >= 4 is 10.9 Å². The number of hydrogen-bond donors (Lipinski definition) is 0. The predicted octanol–water partition coefficient (Wildman–Crippen LogP) is 5.63. The first kappa shape index (κ1) is 17.5. The van der Waals surface area contributed by atoms with Gasteiger partial charge in [0.15, 0.2) is 0 Å². The Morgan fingerprint density at radius 1 is 0.889 bits per heavy atom. The van der Waals surface area contributed by atoms with Gasteiger partial charge in [-0.25, -0.2) is 4.39 Å². The lowest BCUT2D eigenvalue weighted by atomic mass is 10.1. The summed E-state index contributed by atoms with van der Waals surface area (Å²) in [5, 5.41) is 1.21. The summed E-state index contributed by atoms with van der Waals surface area (Å²) in [6.45, 7) is 4.76. The fourth-order valence-corrected chi connectivity index (χ4v) is 3.75. The molecule has 2 aromatic heterocycles. The summed E-state index contributed by atoms with van der Waals surface area (Å²) in [6.07, 6.45) is 3.69. The van der Waals surface area contributed by atoms with Crippen molar-refractivity contribution in [3.8, 4) is 0 Å². The second kappa shape index (κ2) is 7.36. The van der Waals surface area contributed by atoms with Crippen LogP contribution in [0.5, 0.6) is 0 Å². The number of fused-ring (bicyclic) bond motifs is 1. The number of aromatic nitrogens is 2. The van der Waals surface area contributed by atoms with Crippen molar-refractivity contribution in [3.63, 3.8) is 0 Å². The molecule has 27 heavy (non-hydrogen) atoms. The molecule has 4 rings (SSSR count). The van der Waals surface area contributed by atoms with Crippen molar-refractivity contribution < 1.29 is 4.39 Å². The molecule has 0 bridgehead atoms. The van der Waals surface area contributed by atoms with E-state index in [0.29, 0.717) is 12.1 Å². The van der Waals surface area contributed by atoms with E-state index in [-0.39, 0.29) is 5.82 Å². The van der Waals surface area contributed by atoms with Gasteiger partial charge in [-0.3, -0.25) is 4.98 Å². The highest BCUT2D eigenvalue weighted by atomic mass is 19.1. The number of benzene rings is 2. The fraction of sp³-hybridized carbons (Fsp3) is 0.208. The molecule has 0 radical (unpaired) electrons. The third-order valence-corrected chi connectivity index (χ3v) is 5.40. The maximum absolute atomic E-state index is 14.3. The van der Waals surface area contributed by atoms with Gasteiger partial charge >= 0.3 is 0 Å². The van der Waals surface area contributed by atoms with Crippen molar-refractivity contribution in [2.45, 2.75) is 33.2 Å². The normalized spacial score (nSPS) is 11.2. The lowest BCUT2D eigenvalue weighted by Crippen LogP contribution is -2.06. The smallest absolute Gasteiger partial charge is 0.128 e. The van der Waals surface area contributed by atoms with Crippen LogP contribution in [-0.2, 0) is 19.4 Å². The first-order valence-electron chi connectivity index (χ1n) is 9.35. The van der Waals surface area contributed by atoms with Gasteiger partial charge in [-0.15, -0.1) is 0 Å². The zero-order valence-electron chi connectivity index (χ0n) is 15.7. The second-order valence-corrected chi connectivity index (χ2v) is 7.03. The van der Waals surface area contributed by atoms with Gasteiger partial charge < -0.3 is 4.57 Å². The Hall–Kier alpha value is -2.94. The van der Waals surface area contributed by atoms with Crippen molar-refractivity contribution in [1.29, 1.82) is 0 Å². The lowest BCUT2D eigenvalue weighted by molar-refractivity contribution is 0.600. The Morgan fingerprint density at radius 3 is 2.41 bits per heavy atom. The summed E-state index contributed by atoms with van der Waals surface area (Å²) >= 11 is 0. The molecular weight excluding hydrogens is 335 g/mol. The van der Waals surface area contributed by atoms with Gasteiger partial charge in [-0.05, 0) is 49.9 Å². The minimum atomic E-state index is -0.161. The molecule has 0 atom stereocenters. The minimum Gasteiger partial charge on any atom is -0.339 e. The van der Waals surface area contributed by atoms with Crippen molar-refractivity contribution in [2.75, 3.05) is 0 Å². The van der Waals surface area contributed by atoms with E-state index in [9.17, 15) is 4.39 Å². The van der Waals surface area contributed by atoms with Gasteiger partial charge in [-0.2, -0.15) is 0 Å². The summed E-state index contributed by atoms with van der Waals surface area (Å²) in [5.74, 6) is -0.161. The van der Waals surface area contributed by atoms with E-state index >= 15 is 0 Å². The molecule has 2 heterocycles. The Balaban J connectivity index is 1.76. The molecule has 0 aliphatic carbocycles. The molecule has 2 nitrogen and oxygen atoms in total. The van der Waals surface area contributed by atoms with Crippen LogP contribution in [0.2, 0.25) is 0 Å². The van der Waals surface area contributed by atoms with Crippen LogP contribution in [0.4, 0.5) is 4.39 Å². The molecule has 2 aromatic carbocycles. The summed E-state index contributed by atoms with van der Waals surface area (Å²) in [6, 6.07) is 19.5. The van der Waals surface area contributed by atoms with Crippen LogP contribution in [0.15, 0.2) is 66.9 Å². The molecule has 0 aliphatic heterocycles. The third kappa shape index (κ3) is 3.37. The predicted molar refractivity (Wildman–Crippen MR) is 109 cm³/mol. The number of hydrogen-bond acceptors (Lipinski definition) is 1. The molecule has 3 heteroatoms. The number of pyridine rings is 1. The van der Waals surface area contributed by atoms with Gasteiger partial charge in [0.25, 0.3) is 0 Å². The first-order valence-corrected chi connectivity index (χ1v) is 9.35. The van der Waals surface area contributed by atoms with Crippen LogP contribution in [-0.4, -0.2) is 9.55 Å². The zero-order chi connectivity index (χ0) is 18.8. The largest absolute Gasteiger partial charge is 0.339 e. The third-order valence-electron chi connectivity index (χ3n) is 5.40. The molecule has 0 spiro atoms. The SMILES string of the molecule is Cc1c(C)n(Cc2ccccc2F)c2c(CCc3ccccc3)nccc12. The van der Waals surface area contributed by atoms with Crippen molar-refractivity contribution in [1.82, 2.24) is 9.55 Å². The van der Waals surface area contributed by atoms with Gasteiger partial charge in [-0.1, -0.05) is 48.5 Å². The van der Waals surface area contributed by atoms with E-state index in [1.165, 1.54) is 28.3 Å². The summed E-state index contributed by atoms with van der Waals surface area (Å²) in [4.78, 5) is 4.69. The minimum absolute atomic E-state index is 0.161. The molecule has 0 N–H and O–H groups in total. The Kier molecular flexibility index (Phi) is 4.76. The summed E-state index contributed by atoms with van der Waals surface area (Å²) in [7, 11) is 0. The van der Waals surface area contributed by atoms with E-state index in [1.54, 1.807) is 6.07 Å². The van der Waals surface area contributed by atoms with Gasteiger partial charge in [0, 0.05) is 22.8 Å². The van der Waals surface area contributed by atoms with Crippen molar-refractivity contribution in [3.05, 3.63) is 101 Å². The van der Waals surface area contributed by atoms with Gasteiger partial charge in [0.2, 0.25) is 0 Å². The number of nitrogens with zero attached hydrogens (tertiary/aromatic N) is 2. The number of rotatable bonds is 5. The molecule has 0 saturated carbocycles. The van der Waals surface area contributed by atoms with E-state index in [1.807, 2.05) is 24.4 Å². The van der Waals surface area contributed by atoms with E-state index < -0.39 is 0 Å². The fourth-order valence-electron chi connectivity index (χ4n) is 3.75. The summed E-state index contributed by atoms with van der Waals surface area (Å²) < 4.78 is 16.5. The van der Waals surface area contributed by atoms with Gasteiger partial charge in [0.05, 0.1) is 17.8 Å². The molecule has 0 aliphatic rings. The van der Waals surface area contributed by atoms with Crippen LogP contribution in [0.1, 0.15) is 28.1 Å². The maximum Gasteiger partial charge on any atom is 0.128 e. The molecule has 4 aromatic rings. The molecule has 0 fully saturated rings. The molecule has 136 valence electrons. The van der Waals surface area contributed by atoms with Crippen LogP contribution in [0.25, 0.3) is 10.9 Å². The average molecular weight is 358 g/mol. The Morgan fingerprint density at radius 2 is 1.63 bits per heavy atom. The Labute approximate surface area is 159 Å². The van der Waals surface area contributed by atoms with Crippen LogP contribution in [0, 0.1) is 19.7 Å². The highest BCUT2D eigenvalue weighted by Crippen LogP contribution is 2.29. The monoisotopic (exact) mass is 358 g/mol. The maximum atomic E-state index is 14.3. The second-order valence-electron chi connectivity index (χ2n) is 7.03. The van der Waals surface area contributed by atoms with Crippen LogP contribution >= 0.6 is 0 Å². The summed E-state index contributed by atoms with van der Waals surface area (Å²) in [5.41, 5.74) is 6.62. The van der Waals surface area contributed by atoms with Crippen molar-refractivity contribution in [2.24, 2.45) is 0 Å². The van der Waals surface area contributed by atoms with Crippen LogP contribution < -0.4 is 0 Å². The van der Waals surface area contributed by atoms with Gasteiger partial charge in [0.1, 0.15) is 5.82 Å². The molecule has 0 unspecified atom stereocenters. The quantitative estimate of drug-likeness (QED) is 0.452. The number of aryl methyl sites for hydroxylation is 3. The van der Waals surface area contributed by atoms with Crippen LogP contribution in [0.3, 0.4) is 0 Å². The standard InChI is InChI=1S/C24H23FN2/c1-17-18(2)27(16-20-10-6-7-11-22(20)25)24-21(17)14-15-26-23(24)13-12-19-8-4-3-5-9-19/h3-11,14-15H,12-13,16H2,1-2H3. The lowest BCUT2D eigenvalue weighted by Gasteiger charge is -2.12. The highest BCUT2D eigenvalue weighted by molar-refractivity contribution is 5.87. The number of halogens is 1. The molecular formula is C24H23FN2. The van der Waals surface area contributed by atoms with E-state index in [0.717, 1.165) is 24.1 Å². The zero-order valence-corrected chi connectivity index (χ0v) is 15.7. The first-order chi connectivity index (χ1) is 13.1. The van der Waals surface area contributed by atoms with E-state index in [2.05, 4.69) is 53.7 Å². The average Bonchev–Trinajstić information content (AvgIpc) is 2.94. The molecule has 0 saturated heterocycles. The molecule has 0 amide bonds. The Bertz CT molecular complexity index is 1080. The van der Waals surface area contributed by atoms with E-state index in [4.69, 9.17) is 0 Å². The highest BCUT2D eigenvalue weighted by Gasteiger charge is 2.16.